The highest BCUT2D eigenvalue weighted by atomic mass is 32.1. The lowest BCUT2D eigenvalue weighted by molar-refractivity contribution is 0.0506. The molecular formula is C20H26N2O3S. The molecule has 0 bridgehead atoms. The van der Waals surface area contributed by atoms with Crippen molar-refractivity contribution in [2.75, 3.05) is 39.5 Å². The van der Waals surface area contributed by atoms with Gasteiger partial charge in [-0.25, -0.2) is 0 Å². The van der Waals surface area contributed by atoms with Gasteiger partial charge < -0.3 is 14.6 Å². The highest BCUT2D eigenvalue weighted by molar-refractivity contribution is 7.09. The Balaban J connectivity index is 1.39. The predicted molar refractivity (Wildman–Crippen MR) is 103 cm³/mol. The maximum absolute atomic E-state index is 9.50. The van der Waals surface area contributed by atoms with E-state index < -0.39 is 0 Å². The lowest BCUT2D eigenvalue weighted by atomic mass is 10.1. The van der Waals surface area contributed by atoms with Gasteiger partial charge in [0.25, 0.3) is 0 Å². The van der Waals surface area contributed by atoms with Gasteiger partial charge in [-0.15, -0.1) is 11.3 Å². The average molecular weight is 375 g/mol. The minimum atomic E-state index is 0.240. The van der Waals surface area contributed by atoms with Gasteiger partial charge in [0.2, 0.25) is 0 Å². The molecule has 0 saturated carbocycles. The molecular weight excluding hydrogens is 348 g/mol. The summed E-state index contributed by atoms with van der Waals surface area (Å²) in [7, 11) is 0. The van der Waals surface area contributed by atoms with Gasteiger partial charge in [-0.3, -0.25) is 9.80 Å². The Morgan fingerprint density at radius 2 is 1.96 bits per heavy atom. The van der Waals surface area contributed by atoms with Crippen molar-refractivity contribution in [2.24, 2.45) is 0 Å². The van der Waals surface area contributed by atoms with E-state index in [-0.39, 0.29) is 6.61 Å². The van der Waals surface area contributed by atoms with Crippen LogP contribution in [0.3, 0.4) is 0 Å². The smallest absolute Gasteiger partial charge is 0.161 e. The van der Waals surface area contributed by atoms with Crippen LogP contribution in [0.4, 0.5) is 0 Å². The number of hydrogen-bond donors (Lipinski definition) is 1. The molecule has 140 valence electrons. The number of aliphatic hydroxyl groups is 1. The first kappa shape index (κ1) is 17.8. The summed E-state index contributed by atoms with van der Waals surface area (Å²) in [5, 5.41) is 11.6. The van der Waals surface area contributed by atoms with Crippen LogP contribution in [-0.4, -0.2) is 60.4 Å². The zero-order valence-corrected chi connectivity index (χ0v) is 15.8. The molecule has 6 heteroatoms. The molecule has 0 spiro atoms. The van der Waals surface area contributed by atoms with Gasteiger partial charge >= 0.3 is 0 Å². The molecule has 0 aliphatic carbocycles. The molecule has 4 rings (SSSR count). The molecule has 3 heterocycles. The Bertz CT molecular complexity index is 707. The molecule has 2 aliphatic heterocycles. The third-order valence-corrected chi connectivity index (χ3v) is 5.96. The highest BCUT2D eigenvalue weighted by Gasteiger charge is 2.27. The molecule has 26 heavy (non-hydrogen) atoms. The van der Waals surface area contributed by atoms with Crippen molar-refractivity contribution < 1.29 is 14.6 Å². The average Bonchev–Trinajstić information content (AvgIpc) is 3.17. The van der Waals surface area contributed by atoms with Crippen molar-refractivity contribution in [3.63, 3.8) is 0 Å². The van der Waals surface area contributed by atoms with Gasteiger partial charge in [0, 0.05) is 50.2 Å². The summed E-state index contributed by atoms with van der Waals surface area (Å²) in [6, 6.07) is 11.0. The zero-order chi connectivity index (χ0) is 17.8. The van der Waals surface area contributed by atoms with Crippen molar-refractivity contribution in [2.45, 2.75) is 25.6 Å². The quantitative estimate of drug-likeness (QED) is 0.842. The number of fused-ring (bicyclic) bond motifs is 1. The molecule has 0 unspecified atom stereocenters. The maximum atomic E-state index is 9.50. The standard InChI is InChI=1S/C20H26N2O3S/c23-8-5-17-14-21(6-7-22(17)15-18-2-1-11-26-18)13-16-3-4-19-20(12-16)25-10-9-24-19/h1-4,11-12,17,23H,5-10,13-15H2/t17-/m0/s1. The lowest BCUT2D eigenvalue weighted by Crippen LogP contribution is -2.52. The number of rotatable bonds is 6. The van der Waals surface area contributed by atoms with E-state index in [1.807, 2.05) is 17.4 Å². The fourth-order valence-corrected chi connectivity index (χ4v) is 4.51. The molecule has 0 radical (unpaired) electrons. The van der Waals surface area contributed by atoms with Crippen LogP contribution in [0, 0.1) is 0 Å². The van der Waals surface area contributed by atoms with Crippen molar-refractivity contribution in [3.05, 3.63) is 46.2 Å². The van der Waals surface area contributed by atoms with Crippen LogP contribution in [0.25, 0.3) is 0 Å². The van der Waals surface area contributed by atoms with Gasteiger partial charge in [-0.1, -0.05) is 12.1 Å². The normalized spacial score (nSPS) is 21.0. The maximum Gasteiger partial charge on any atom is 0.161 e. The number of ether oxygens (including phenoxy) is 2. The number of piperazine rings is 1. The summed E-state index contributed by atoms with van der Waals surface area (Å²) in [6.45, 7) is 6.45. The van der Waals surface area contributed by atoms with E-state index >= 15 is 0 Å². The van der Waals surface area contributed by atoms with Crippen LogP contribution in [-0.2, 0) is 13.1 Å². The molecule has 1 saturated heterocycles. The number of nitrogens with zero attached hydrogens (tertiary/aromatic N) is 2. The second-order valence-corrected chi connectivity index (χ2v) is 7.96. The molecule has 1 aromatic heterocycles. The number of hydrogen-bond acceptors (Lipinski definition) is 6. The highest BCUT2D eigenvalue weighted by Crippen LogP contribution is 2.31. The van der Waals surface area contributed by atoms with E-state index in [2.05, 4.69) is 39.4 Å². The summed E-state index contributed by atoms with van der Waals surface area (Å²) in [6.07, 6.45) is 0.822. The third kappa shape index (κ3) is 4.20. The predicted octanol–water partition coefficient (Wildman–Crippen LogP) is 2.59. The minimum absolute atomic E-state index is 0.240. The van der Waals surface area contributed by atoms with E-state index in [1.165, 1.54) is 10.4 Å². The van der Waals surface area contributed by atoms with Crippen molar-refractivity contribution in [3.8, 4) is 11.5 Å². The van der Waals surface area contributed by atoms with Gasteiger partial charge in [0.15, 0.2) is 11.5 Å². The summed E-state index contributed by atoms with van der Waals surface area (Å²) < 4.78 is 11.3. The Hall–Kier alpha value is -1.60. The van der Waals surface area contributed by atoms with Crippen LogP contribution < -0.4 is 9.47 Å². The van der Waals surface area contributed by atoms with Gasteiger partial charge in [-0.05, 0) is 35.6 Å². The Morgan fingerprint density at radius 3 is 2.77 bits per heavy atom. The molecule has 1 N–H and O–H groups in total. The minimum Gasteiger partial charge on any atom is -0.486 e. The van der Waals surface area contributed by atoms with Crippen molar-refractivity contribution in [1.29, 1.82) is 0 Å². The Morgan fingerprint density at radius 1 is 1.08 bits per heavy atom. The van der Waals surface area contributed by atoms with Gasteiger partial charge in [0.05, 0.1) is 0 Å². The molecule has 1 aromatic carbocycles. The molecule has 1 fully saturated rings. The summed E-state index contributed by atoms with van der Waals surface area (Å²) in [5.41, 5.74) is 1.25. The van der Waals surface area contributed by atoms with E-state index in [4.69, 9.17) is 9.47 Å². The van der Waals surface area contributed by atoms with Crippen LogP contribution in [0.15, 0.2) is 35.7 Å². The van der Waals surface area contributed by atoms with Crippen LogP contribution in [0.1, 0.15) is 16.9 Å². The fraction of sp³-hybridized carbons (Fsp3) is 0.500. The monoisotopic (exact) mass is 374 g/mol. The first-order valence-electron chi connectivity index (χ1n) is 9.30. The van der Waals surface area contributed by atoms with Gasteiger partial charge in [0.1, 0.15) is 13.2 Å². The van der Waals surface area contributed by atoms with E-state index in [0.29, 0.717) is 19.3 Å². The second-order valence-electron chi connectivity index (χ2n) is 6.93. The van der Waals surface area contributed by atoms with E-state index in [1.54, 1.807) is 0 Å². The number of aliphatic hydroxyl groups excluding tert-OH is 1. The van der Waals surface area contributed by atoms with E-state index in [0.717, 1.165) is 50.6 Å². The number of thiophene rings is 1. The topological polar surface area (TPSA) is 45.2 Å². The lowest BCUT2D eigenvalue weighted by Gasteiger charge is -2.41. The molecule has 0 amide bonds. The molecule has 2 aromatic rings. The number of benzene rings is 1. The molecule has 1 atom stereocenters. The molecule has 5 nitrogen and oxygen atoms in total. The van der Waals surface area contributed by atoms with E-state index in [9.17, 15) is 5.11 Å². The Kier molecular flexibility index (Phi) is 5.75. The van der Waals surface area contributed by atoms with Crippen LogP contribution in [0.5, 0.6) is 11.5 Å². The first-order chi connectivity index (χ1) is 12.8. The fourth-order valence-electron chi connectivity index (χ4n) is 3.78. The molecule has 2 aliphatic rings. The summed E-state index contributed by atoms with van der Waals surface area (Å²) in [5.74, 6) is 1.70. The summed E-state index contributed by atoms with van der Waals surface area (Å²) in [4.78, 5) is 6.40. The first-order valence-corrected chi connectivity index (χ1v) is 10.2. The largest absolute Gasteiger partial charge is 0.486 e. The SMILES string of the molecule is OCC[C@H]1CN(Cc2ccc3c(c2)OCCO3)CCN1Cc1cccs1. The van der Waals surface area contributed by atoms with Gasteiger partial charge in [-0.2, -0.15) is 0 Å². The second kappa shape index (κ2) is 8.39. The van der Waals surface area contributed by atoms with Crippen LogP contribution >= 0.6 is 11.3 Å². The third-order valence-electron chi connectivity index (χ3n) is 5.10. The van der Waals surface area contributed by atoms with Crippen LogP contribution in [0.2, 0.25) is 0 Å². The summed E-state index contributed by atoms with van der Waals surface area (Å²) >= 11 is 1.81. The Labute approximate surface area is 158 Å². The van der Waals surface area contributed by atoms with Crippen molar-refractivity contribution >= 4 is 11.3 Å². The zero-order valence-electron chi connectivity index (χ0n) is 15.0. The van der Waals surface area contributed by atoms with Crippen molar-refractivity contribution in [1.82, 2.24) is 9.80 Å².